The average Bonchev–Trinajstić information content (AvgIpc) is 3.28. The van der Waals surface area contributed by atoms with E-state index in [-0.39, 0.29) is 0 Å². The summed E-state index contributed by atoms with van der Waals surface area (Å²) in [6, 6.07) is 15.5. The van der Waals surface area contributed by atoms with Gasteiger partial charge < -0.3 is 20.5 Å². The van der Waals surface area contributed by atoms with E-state index in [1.165, 1.54) is 11.8 Å². The van der Waals surface area contributed by atoms with E-state index < -0.39 is 0 Å². The molecule has 10 heteroatoms. The molecule has 1 fully saturated rings. The number of ether oxygens (including phenoxy) is 2. The first-order valence-corrected chi connectivity index (χ1v) is 12.5. The van der Waals surface area contributed by atoms with Gasteiger partial charge in [0.2, 0.25) is 0 Å². The third kappa shape index (κ3) is 6.02. The highest BCUT2D eigenvalue weighted by Gasteiger charge is 2.15. The molecule has 0 amide bonds. The first-order chi connectivity index (χ1) is 17.1. The van der Waals surface area contributed by atoms with Crippen molar-refractivity contribution in [2.75, 3.05) is 50.5 Å². The number of rotatable bonds is 9. The van der Waals surface area contributed by atoms with Crippen LogP contribution in [0.15, 0.2) is 58.6 Å². The van der Waals surface area contributed by atoms with Gasteiger partial charge in [-0.1, -0.05) is 6.07 Å². The fraction of sp³-hybridized carbons (Fsp3) is 0.320. The Labute approximate surface area is 208 Å². The summed E-state index contributed by atoms with van der Waals surface area (Å²) < 4.78 is 11.6. The van der Waals surface area contributed by atoms with Gasteiger partial charge in [0.15, 0.2) is 11.0 Å². The summed E-state index contributed by atoms with van der Waals surface area (Å²) in [5, 5.41) is 12.1. The number of benzene rings is 2. The maximum absolute atomic E-state index is 6.22. The summed E-state index contributed by atoms with van der Waals surface area (Å²) >= 11 is 1.48. The van der Waals surface area contributed by atoms with E-state index in [1.54, 1.807) is 0 Å². The fourth-order valence-electron chi connectivity index (χ4n) is 3.90. The zero-order chi connectivity index (χ0) is 24.0. The number of nitrogens with one attached hydrogen (secondary N) is 2. The van der Waals surface area contributed by atoms with E-state index >= 15 is 0 Å². The molecule has 0 aliphatic carbocycles. The third-order valence-corrected chi connectivity index (χ3v) is 6.56. The van der Waals surface area contributed by atoms with Crippen LogP contribution in [0.3, 0.4) is 0 Å². The van der Waals surface area contributed by atoms with Crippen LogP contribution in [0, 0.1) is 6.92 Å². The van der Waals surface area contributed by atoms with Crippen LogP contribution >= 0.6 is 11.8 Å². The number of H-pyrrole nitrogens is 1. The Bertz CT molecular complexity index is 1270. The number of aromatic nitrogens is 4. The van der Waals surface area contributed by atoms with Crippen LogP contribution in [-0.4, -0.2) is 64.5 Å². The Kier molecular flexibility index (Phi) is 7.31. The third-order valence-electron chi connectivity index (χ3n) is 5.69. The van der Waals surface area contributed by atoms with E-state index in [0.717, 1.165) is 72.2 Å². The lowest BCUT2D eigenvalue weighted by Crippen LogP contribution is -2.37. The number of fused-ring (bicyclic) bond motifs is 1. The fourth-order valence-corrected chi connectivity index (χ4v) is 4.66. The topological polar surface area (TPSA) is 114 Å². The van der Waals surface area contributed by atoms with E-state index in [0.29, 0.717) is 23.4 Å². The Morgan fingerprint density at radius 1 is 1.14 bits per heavy atom. The number of nitrogens with zero attached hydrogens (tertiary/aromatic N) is 4. The standard InChI is InChI=1S/C25H29N7O2S/c1-17-16-22(31-30-17)27-24-20-4-2-5-21(34-13-3-10-32-11-14-33-15-12-32)23(20)28-25(29-24)35-19-8-6-18(26)7-9-19/h2,4-9,16H,3,10-15,26H2,1H3,(H2,27,28,29,30,31). The van der Waals surface area contributed by atoms with Crippen molar-refractivity contribution in [1.29, 1.82) is 0 Å². The Morgan fingerprint density at radius 3 is 2.74 bits per heavy atom. The Hall–Kier alpha value is -3.34. The zero-order valence-electron chi connectivity index (χ0n) is 19.7. The first-order valence-electron chi connectivity index (χ1n) is 11.7. The van der Waals surface area contributed by atoms with Gasteiger partial charge in [0.05, 0.1) is 19.8 Å². The second kappa shape index (κ2) is 10.9. The first kappa shape index (κ1) is 23.4. The largest absolute Gasteiger partial charge is 0.491 e. The smallest absolute Gasteiger partial charge is 0.195 e. The van der Waals surface area contributed by atoms with Crippen molar-refractivity contribution < 1.29 is 9.47 Å². The van der Waals surface area contributed by atoms with Gasteiger partial charge in [0.25, 0.3) is 0 Å². The Morgan fingerprint density at radius 2 is 1.97 bits per heavy atom. The van der Waals surface area contributed by atoms with Gasteiger partial charge in [0.1, 0.15) is 17.1 Å². The van der Waals surface area contributed by atoms with Gasteiger partial charge in [-0.05, 0) is 61.5 Å². The van der Waals surface area contributed by atoms with Crippen LogP contribution < -0.4 is 15.8 Å². The second-order valence-electron chi connectivity index (χ2n) is 8.40. The number of nitrogens with two attached hydrogens (primary N) is 1. The van der Waals surface area contributed by atoms with Crippen molar-refractivity contribution in [3.63, 3.8) is 0 Å². The van der Waals surface area contributed by atoms with Crippen LogP contribution in [0.2, 0.25) is 0 Å². The molecular weight excluding hydrogens is 462 g/mol. The molecule has 0 bridgehead atoms. The molecule has 35 heavy (non-hydrogen) atoms. The molecule has 1 aliphatic heterocycles. The second-order valence-corrected chi connectivity index (χ2v) is 9.44. The summed E-state index contributed by atoms with van der Waals surface area (Å²) in [6.07, 6.45) is 0.937. The van der Waals surface area contributed by atoms with E-state index in [2.05, 4.69) is 20.4 Å². The summed E-state index contributed by atoms with van der Waals surface area (Å²) in [7, 11) is 0. The normalized spacial score (nSPS) is 14.3. The number of aryl methyl sites for hydroxylation is 1. The highest BCUT2D eigenvalue weighted by atomic mass is 32.2. The minimum absolute atomic E-state index is 0.612. The summed E-state index contributed by atoms with van der Waals surface area (Å²) in [5.41, 5.74) is 8.30. The lowest BCUT2D eigenvalue weighted by atomic mass is 10.2. The van der Waals surface area contributed by atoms with Crippen molar-refractivity contribution >= 4 is 40.0 Å². The highest BCUT2D eigenvalue weighted by molar-refractivity contribution is 7.99. The van der Waals surface area contributed by atoms with Gasteiger partial charge in [-0.25, -0.2) is 9.97 Å². The molecule has 0 atom stereocenters. The maximum Gasteiger partial charge on any atom is 0.195 e. The lowest BCUT2D eigenvalue weighted by molar-refractivity contribution is 0.0358. The van der Waals surface area contributed by atoms with Gasteiger partial charge >= 0.3 is 0 Å². The SMILES string of the molecule is Cc1cc(Nc2nc(Sc3ccc(N)cc3)nc3c(OCCCN4CCOCC4)cccc23)n[nH]1. The van der Waals surface area contributed by atoms with Crippen LogP contribution in [0.1, 0.15) is 12.1 Å². The van der Waals surface area contributed by atoms with Crippen molar-refractivity contribution in [1.82, 2.24) is 25.1 Å². The zero-order valence-corrected chi connectivity index (χ0v) is 20.5. The summed E-state index contributed by atoms with van der Waals surface area (Å²) in [6.45, 7) is 7.14. The molecule has 4 aromatic rings. The van der Waals surface area contributed by atoms with Crippen LogP contribution in [-0.2, 0) is 4.74 Å². The molecule has 1 saturated heterocycles. The quantitative estimate of drug-likeness (QED) is 0.180. The lowest BCUT2D eigenvalue weighted by Gasteiger charge is -2.26. The molecule has 0 radical (unpaired) electrons. The van der Waals surface area contributed by atoms with Gasteiger partial charge in [-0.2, -0.15) is 5.10 Å². The molecule has 9 nitrogen and oxygen atoms in total. The van der Waals surface area contributed by atoms with Crippen LogP contribution in [0.25, 0.3) is 10.9 Å². The monoisotopic (exact) mass is 491 g/mol. The molecule has 182 valence electrons. The number of hydrogen-bond acceptors (Lipinski definition) is 9. The molecule has 2 aromatic carbocycles. The van der Waals surface area contributed by atoms with E-state index in [9.17, 15) is 0 Å². The molecule has 5 rings (SSSR count). The number of para-hydroxylation sites is 1. The minimum atomic E-state index is 0.612. The van der Waals surface area contributed by atoms with Crippen molar-refractivity contribution in [2.45, 2.75) is 23.4 Å². The molecule has 4 N–H and O–H groups in total. The van der Waals surface area contributed by atoms with Crippen LogP contribution in [0.4, 0.5) is 17.3 Å². The molecule has 2 aromatic heterocycles. The highest BCUT2D eigenvalue weighted by Crippen LogP contribution is 2.34. The number of aromatic amines is 1. The maximum atomic E-state index is 6.22. The van der Waals surface area contributed by atoms with Gasteiger partial charge in [0, 0.05) is 47.4 Å². The number of morpholine rings is 1. The van der Waals surface area contributed by atoms with Gasteiger partial charge in [-0.3, -0.25) is 10.00 Å². The molecular formula is C25H29N7O2S. The van der Waals surface area contributed by atoms with Crippen molar-refractivity contribution in [2.24, 2.45) is 0 Å². The summed E-state index contributed by atoms with van der Waals surface area (Å²) in [5.74, 6) is 2.12. The predicted molar refractivity (Wildman–Crippen MR) is 138 cm³/mol. The van der Waals surface area contributed by atoms with E-state index in [4.69, 9.17) is 25.2 Å². The van der Waals surface area contributed by atoms with Crippen molar-refractivity contribution in [3.05, 3.63) is 54.2 Å². The molecule has 3 heterocycles. The molecule has 1 aliphatic rings. The van der Waals surface area contributed by atoms with E-state index in [1.807, 2.05) is 55.5 Å². The molecule has 0 unspecified atom stereocenters. The summed E-state index contributed by atoms with van der Waals surface area (Å²) in [4.78, 5) is 13.1. The van der Waals surface area contributed by atoms with Crippen LogP contribution in [0.5, 0.6) is 5.75 Å². The molecule has 0 spiro atoms. The molecule has 0 saturated carbocycles. The number of hydrogen-bond donors (Lipinski definition) is 3. The number of nitrogen functional groups attached to an aromatic ring is 1. The Balaban J connectivity index is 1.40. The predicted octanol–water partition coefficient (Wildman–Crippen LogP) is 4.24. The average molecular weight is 492 g/mol. The van der Waals surface area contributed by atoms with Gasteiger partial charge in [-0.15, -0.1) is 0 Å². The minimum Gasteiger partial charge on any atom is -0.491 e. The number of anilines is 3. The van der Waals surface area contributed by atoms with Crippen molar-refractivity contribution in [3.8, 4) is 5.75 Å².